The topological polar surface area (TPSA) is 93.0 Å². The van der Waals surface area contributed by atoms with Crippen molar-refractivity contribution in [1.82, 2.24) is 9.97 Å². The summed E-state index contributed by atoms with van der Waals surface area (Å²) in [5, 5.41) is 16.8. The zero-order valence-electron chi connectivity index (χ0n) is 10.2. The number of benzene rings is 1. The smallest absolute Gasteiger partial charge is 0.353 e. The van der Waals surface area contributed by atoms with E-state index >= 15 is 0 Å². The zero-order valence-corrected chi connectivity index (χ0v) is 13.4. The highest BCUT2D eigenvalue weighted by molar-refractivity contribution is 9.11. The van der Waals surface area contributed by atoms with Gasteiger partial charge in [-0.15, -0.1) is 0 Å². The maximum Gasteiger partial charge on any atom is 0.353 e. The van der Waals surface area contributed by atoms with Crippen LogP contribution < -0.4 is 10.6 Å². The fourth-order valence-electron chi connectivity index (χ4n) is 1.56. The number of hydrogen-bond acceptors (Lipinski definition) is 6. The number of nitrogens with zero attached hydrogens (tertiary/aromatic N) is 3. The number of hydrogen-bond donors (Lipinski definition) is 2. The van der Waals surface area contributed by atoms with Gasteiger partial charge in [0.1, 0.15) is 6.33 Å². The van der Waals surface area contributed by atoms with Gasteiger partial charge in [-0.3, -0.25) is 10.1 Å². The van der Waals surface area contributed by atoms with E-state index in [0.29, 0.717) is 5.69 Å². The van der Waals surface area contributed by atoms with Gasteiger partial charge in [-0.05, 0) is 44.0 Å². The Labute approximate surface area is 131 Å². The second kappa shape index (κ2) is 6.14. The third kappa shape index (κ3) is 2.88. The van der Waals surface area contributed by atoms with Crippen LogP contribution in [0.4, 0.5) is 23.0 Å². The van der Waals surface area contributed by atoms with Crippen LogP contribution in [0.25, 0.3) is 0 Å². The van der Waals surface area contributed by atoms with E-state index in [1.807, 2.05) is 18.2 Å². The van der Waals surface area contributed by atoms with E-state index in [-0.39, 0.29) is 17.3 Å². The van der Waals surface area contributed by atoms with Crippen molar-refractivity contribution in [2.75, 3.05) is 17.7 Å². The van der Waals surface area contributed by atoms with Crippen LogP contribution in [0.15, 0.2) is 33.5 Å². The van der Waals surface area contributed by atoms with Gasteiger partial charge in [-0.2, -0.15) is 0 Å². The minimum Gasteiger partial charge on any atom is -0.367 e. The van der Waals surface area contributed by atoms with Gasteiger partial charge in [0, 0.05) is 16.0 Å². The molecule has 0 unspecified atom stereocenters. The molecule has 0 bridgehead atoms. The molecule has 1 aromatic carbocycles. The fourth-order valence-corrected chi connectivity index (χ4v) is 2.76. The highest BCUT2D eigenvalue weighted by Crippen LogP contribution is 2.36. The molecule has 2 N–H and O–H groups in total. The van der Waals surface area contributed by atoms with E-state index in [4.69, 9.17) is 0 Å². The maximum atomic E-state index is 11.2. The molecule has 104 valence electrons. The molecule has 0 aliphatic carbocycles. The molecule has 1 aromatic heterocycles. The molecule has 1 heterocycles. The molecule has 0 amide bonds. The lowest BCUT2D eigenvalue weighted by atomic mass is 10.3. The number of anilines is 3. The fraction of sp³-hybridized carbons (Fsp3) is 0.0909. The number of nitro groups is 1. The summed E-state index contributed by atoms with van der Waals surface area (Å²) < 4.78 is 1.51. The van der Waals surface area contributed by atoms with Crippen molar-refractivity contribution in [3.05, 3.63) is 43.6 Å². The lowest BCUT2D eigenvalue weighted by Crippen LogP contribution is -2.05. The molecule has 0 spiro atoms. The second-order valence-corrected chi connectivity index (χ2v) is 5.36. The molecule has 7 nitrogen and oxygen atoms in total. The first kappa shape index (κ1) is 14.7. The Morgan fingerprint density at radius 3 is 2.35 bits per heavy atom. The van der Waals surface area contributed by atoms with Crippen molar-refractivity contribution in [3.8, 4) is 0 Å². The Bertz CT molecular complexity index is 645. The molecule has 2 aromatic rings. The molecule has 0 fully saturated rings. The molecule has 0 aliphatic rings. The first-order valence-corrected chi connectivity index (χ1v) is 7.01. The van der Waals surface area contributed by atoms with Gasteiger partial charge in [0.15, 0.2) is 0 Å². The van der Waals surface area contributed by atoms with E-state index < -0.39 is 4.92 Å². The van der Waals surface area contributed by atoms with E-state index in [2.05, 4.69) is 52.5 Å². The number of rotatable bonds is 4. The standard InChI is InChI=1S/C11H9Br2N5O2/c1-14-10-9(18(19)20)11(16-5-15-10)17-8-6(12)3-2-4-7(8)13/h2-5H,1H3,(H2,14,15,16,17). The van der Waals surface area contributed by atoms with Crippen LogP contribution in [-0.4, -0.2) is 21.9 Å². The summed E-state index contributed by atoms with van der Waals surface area (Å²) in [7, 11) is 1.56. The summed E-state index contributed by atoms with van der Waals surface area (Å²) >= 11 is 6.76. The lowest BCUT2D eigenvalue weighted by Gasteiger charge is -2.11. The molecule has 2 rings (SSSR count). The van der Waals surface area contributed by atoms with Crippen LogP contribution in [0, 0.1) is 10.1 Å². The van der Waals surface area contributed by atoms with Gasteiger partial charge in [0.2, 0.25) is 11.6 Å². The Morgan fingerprint density at radius 1 is 1.20 bits per heavy atom. The van der Waals surface area contributed by atoms with Gasteiger partial charge in [0.05, 0.1) is 10.6 Å². The normalized spacial score (nSPS) is 10.2. The van der Waals surface area contributed by atoms with Gasteiger partial charge in [-0.25, -0.2) is 9.97 Å². The van der Waals surface area contributed by atoms with Crippen molar-refractivity contribution >= 4 is 54.9 Å². The summed E-state index contributed by atoms with van der Waals surface area (Å²) in [5.74, 6) is 0.262. The van der Waals surface area contributed by atoms with Gasteiger partial charge in [-0.1, -0.05) is 6.07 Å². The van der Waals surface area contributed by atoms with Crippen molar-refractivity contribution in [2.24, 2.45) is 0 Å². The Morgan fingerprint density at radius 2 is 1.80 bits per heavy atom. The summed E-state index contributed by atoms with van der Waals surface area (Å²) in [6.45, 7) is 0. The maximum absolute atomic E-state index is 11.2. The van der Waals surface area contributed by atoms with Gasteiger partial charge < -0.3 is 10.6 Å². The minimum absolute atomic E-state index is 0.113. The first-order chi connectivity index (χ1) is 9.54. The number of nitrogens with one attached hydrogen (secondary N) is 2. The van der Waals surface area contributed by atoms with Crippen LogP contribution in [0.2, 0.25) is 0 Å². The molecule has 0 aliphatic heterocycles. The van der Waals surface area contributed by atoms with E-state index in [0.717, 1.165) is 8.95 Å². The largest absolute Gasteiger partial charge is 0.367 e. The molecule has 20 heavy (non-hydrogen) atoms. The summed E-state index contributed by atoms with van der Waals surface area (Å²) in [6.07, 6.45) is 1.26. The lowest BCUT2D eigenvalue weighted by molar-refractivity contribution is -0.383. The molecular formula is C11H9Br2N5O2. The predicted molar refractivity (Wildman–Crippen MR) is 83.4 cm³/mol. The summed E-state index contributed by atoms with van der Waals surface area (Å²) in [4.78, 5) is 18.4. The Kier molecular flexibility index (Phi) is 4.50. The Hall–Kier alpha value is -1.74. The van der Waals surface area contributed by atoms with Gasteiger partial charge >= 0.3 is 5.69 Å². The monoisotopic (exact) mass is 401 g/mol. The first-order valence-electron chi connectivity index (χ1n) is 5.42. The van der Waals surface area contributed by atoms with Crippen LogP contribution in [0.1, 0.15) is 0 Å². The van der Waals surface area contributed by atoms with Crippen molar-refractivity contribution < 1.29 is 4.92 Å². The third-order valence-corrected chi connectivity index (χ3v) is 3.77. The average Bonchev–Trinajstić information content (AvgIpc) is 2.42. The van der Waals surface area contributed by atoms with E-state index in [9.17, 15) is 10.1 Å². The van der Waals surface area contributed by atoms with Crippen LogP contribution in [-0.2, 0) is 0 Å². The minimum atomic E-state index is -0.529. The van der Waals surface area contributed by atoms with E-state index in [1.54, 1.807) is 7.05 Å². The molecule has 0 saturated carbocycles. The van der Waals surface area contributed by atoms with Crippen LogP contribution in [0.3, 0.4) is 0 Å². The summed E-state index contributed by atoms with van der Waals surface area (Å²) in [6, 6.07) is 5.48. The predicted octanol–water partition coefficient (Wildman–Crippen LogP) is 3.70. The molecule has 0 atom stereocenters. The van der Waals surface area contributed by atoms with E-state index in [1.165, 1.54) is 6.33 Å². The summed E-state index contributed by atoms with van der Waals surface area (Å²) in [5.41, 5.74) is 0.439. The van der Waals surface area contributed by atoms with Crippen LogP contribution >= 0.6 is 31.9 Å². The molecule has 9 heteroatoms. The zero-order chi connectivity index (χ0) is 14.7. The highest BCUT2D eigenvalue weighted by atomic mass is 79.9. The quantitative estimate of drug-likeness (QED) is 0.598. The molecular weight excluding hydrogens is 394 g/mol. The van der Waals surface area contributed by atoms with Crippen LogP contribution in [0.5, 0.6) is 0 Å². The average molecular weight is 403 g/mol. The number of aromatic nitrogens is 2. The number of para-hydroxylation sites is 1. The SMILES string of the molecule is CNc1ncnc(Nc2c(Br)cccc2Br)c1[N+](=O)[O-]. The van der Waals surface area contributed by atoms with Crippen molar-refractivity contribution in [2.45, 2.75) is 0 Å². The van der Waals surface area contributed by atoms with Gasteiger partial charge in [0.25, 0.3) is 0 Å². The van der Waals surface area contributed by atoms with Crippen molar-refractivity contribution in [3.63, 3.8) is 0 Å². The molecule has 0 saturated heterocycles. The third-order valence-electron chi connectivity index (χ3n) is 2.45. The Balaban J connectivity index is 2.51. The second-order valence-electron chi connectivity index (χ2n) is 3.65. The molecule has 0 radical (unpaired) electrons. The number of halogens is 2. The highest BCUT2D eigenvalue weighted by Gasteiger charge is 2.23. The van der Waals surface area contributed by atoms with Crippen molar-refractivity contribution in [1.29, 1.82) is 0 Å².